The van der Waals surface area contributed by atoms with E-state index in [0.717, 1.165) is 22.5 Å². The Balaban J connectivity index is 1.74. The first-order valence-electron chi connectivity index (χ1n) is 9.71. The number of hydrogen-bond donors (Lipinski definition) is 1. The van der Waals surface area contributed by atoms with Crippen molar-refractivity contribution in [3.8, 4) is 28.4 Å². The van der Waals surface area contributed by atoms with Crippen LogP contribution in [0.4, 0.5) is 5.69 Å². The standard InChI is InChI=1S/C24H20Cl2N4O2/c1-31-21-12-11-16(13-22(21)32-2)23-17(15-30(29-23)18-7-4-3-5-8-18)14-27-28-24-19(25)9-6-10-20(24)26/h3-15,28H,1-2H3. The Kier molecular flexibility index (Phi) is 6.63. The van der Waals surface area contributed by atoms with Crippen LogP contribution in [-0.2, 0) is 0 Å². The zero-order chi connectivity index (χ0) is 22.5. The van der Waals surface area contributed by atoms with E-state index in [0.29, 0.717) is 27.2 Å². The molecule has 0 radical (unpaired) electrons. The Bertz CT molecular complexity index is 1240. The van der Waals surface area contributed by atoms with Gasteiger partial charge in [-0.3, -0.25) is 5.43 Å². The fraction of sp³-hybridized carbons (Fsp3) is 0.0833. The van der Waals surface area contributed by atoms with Crippen molar-refractivity contribution in [3.63, 3.8) is 0 Å². The summed E-state index contributed by atoms with van der Waals surface area (Å²) in [5.74, 6) is 1.26. The Hall–Kier alpha value is -3.48. The molecule has 6 nitrogen and oxygen atoms in total. The number of aromatic nitrogens is 2. The average Bonchev–Trinajstić information content (AvgIpc) is 3.25. The van der Waals surface area contributed by atoms with Crippen LogP contribution in [0.2, 0.25) is 10.0 Å². The first kappa shape index (κ1) is 21.7. The molecule has 0 aliphatic heterocycles. The fourth-order valence-electron chi connectivity index (χ4n) is 3.17. The van der Waals surface area contributed by atoms with Crippen LogP contribution in [0.25, 0.3) is 16.9 Å². The van der Waals surface area contributed by atoms with Crippen molar-refractivity contribution in [2.24, 2.45) is 5.10 Å². The summed E-state index contributed by atoms with van der Waals surface area (Å²) in [6, 6.07) is 20.8. The van der Waals surface area contributed by atoms with Crippen LogP contribution in [0.3, 0.4) is 0 Å². The van der Waals surface area contributed by atoms with E-state index < -0.39 is 0 Å². The highest BCUT2D eigenvalue weighted by molar-refractivity contribution is 6.39. The van der Waals surface area contributed by atoms with Gasteiger partial charge in [-0.05, 0) is 42.5 Å². The van der Waals surface area contributed by atoms with Crippen LogP contribution < -0.4 is 14.9 Å². The molecular formula is C24H20Cl2N4O2. The molecule has 0 spiro atoms. The van der Waals surface area contributed by atoms with Crippen LogP contribution in [0.15, 0.2) is 78.0 Å². The minimum Gasteiger partial charge on any atom is -0.493 e. The zero-order valence-electron chi connectivity index (χ0n) is 17.4. The molecule has 0 atom stereocenters. The molecule has 1 heterocycles. The van der Waals surface area contributed by atoms with Crippen LogP contribution >= 0.6 is 23.2 Å². The molecule has 0 aliphatic rings. The number of nitrogens with one attached hydrogen (secondary N) is 1. The first-order chi connectivity index (χ1) is 15.6. The minimum absolute atomic E-state index is 0.481. The lowest BCUT2D eigenvalue weighted by Crippen LogP contribution is -1.95. The Morgan fingerprint density at radius 1 is 0.906 bits per heavy atom. The van der Waals surface area contributed by atoms with Crippen LogP contribution in [-0.4, -0.2) is 30.2 Å². The summed E-state index contributed by atoms with van der Waals surface area (Å²) in [6.07, 6.45) is 3.58. The largest absolute Gasteiger partial charge is 0.493 e. The van der Waals surface area contributed by atoms with E-state index in [-0.39, 0.29) is 0 Å². The number of nitrogens with zero attached hydrogens (tertiary/aromatic N) is 3. The first-order valence-corrected chi connectivity index (χ1v) is 10.5. The second kappa shape index (κ2) is 9.77. The number of halogens is 2. The van der Waals surface area contributed by atoms with E-state index >= 15 is 0 Å². The smallest absolute Gasteiger partial charge is 0.161 e. The predicted octanol–water partition coefficient (Wildman–Crippen LogP) is 6.31. The molecule has 162 valence electrons. The summed E-state index contributed by atoms with van der Waals surface area (Å²) in [5.41, 5.74) is 6.76. The molecule has 0 saturated carbocycles. The third kappa shape index (κ3) is 4.56. The number of anilines is 1. The molecule has 0 unspecified atom stereocenters. The van der Waals surface area contributed by atoms with E-state index in [1.54, 1.807) is 43.3 Å². The summed E-state index contributed by atoms with van der Waals surface area (Å²) in [6.45, 7) is 0. The fourth-order valence-corrected chi connectivity index (χ4v) is 3.66. The maximum Gasteiger partial charge on any atom is 0.161 e. The van der Waals surface area contributed by atoms with E-state index in [9.17, 15) is 0 Å². The van der Waals surface area contributed by atoms with Gasteiger partial charge < -0.3 is 9.47 Å². The van der Waals surface area contributed by atoms with Gasteiger partial charge in [0.05, 0.1) is 41.9 Å². The lowest BCUT2D eigenvalue weighted by molar-refractivity contribution is 0.355. The third-order valence-corrected chi connectivity index (χ3v) is 5.39. The highest BCUT2D eigenvalue weighted by Crippen LogP contribution is 2.33. The van der Waals surface area contributed by atoms with Gasteiger partial charge in [-0.15, -0.1) is 0 Å². The molecule has 4 rings (SSSR count). The molecule has 1 N–H and O–H groups in total. The molecule has 3 aromatic carbocycles. The molecule has 0 aliphatic carbocycles. The summed E-state index contributed by atoms with van der Waals surface area (Å²) in [4.78, 5) is 0. The summed E-state index contributed by atoms with van der Waals surface area (Å²) < 4.78 is 12.6. The van der Waals surface area contributed by atoms with Gasteiger partial charge in [0.25, 0.3) is 0 Å². The van der Waals surface area contributed by atoms with Gasteiger partial charge >= 0.3 is 0 Å². The summed E-state index contributed by atoms with van der Waals surface area (Å²) >= 11 is 12.4. The number of hydrogen-bond acceptors (Lipinski definition) is 5. The molecule has 0 amide bonds. The number of ether oxygens (including phenoxy) is 2. The molecular weight excluding hydrogens is 447 g/mol. The van der Waals surface area contributed by atoms with Gasteiger partial charge in [-0.25, -0.2) is 4.68 Å². The maximum absolute atomic E-state index is 6.22. The second-order valence-corrected chi connectivity index (χ2v) is 7.56. The van der Waals surface area contributed by atoms with E-state index in [4.69, 9.17) is 37.8 Å². The molecule has 4 aromatic rings. The van der Waals surface area contributed by atoms with Crippen molar-refractivity contribution < 1.29 is 9.47 Å². The van der Waals surface area contributed by atoms with E-state index in [1.807, 2.05) is 54.7 Å². The Labute approximate surface area is 196 Å². The molecule has 0 fully saturated rings. The number of methoxy groups -OCH3 is 2. The second-order valence-electron chi connectivity index (χ2n) is 6.75. The quantitative estimate of drug-likeness (QED) is 0.256. The summed E-state index contributed by atoms with van der Waals surface area (Å²) in [7, 11) is 3.20. The molecule has 0 bridgehead atoms. The van der Waals surface area contributed by atoms with E-state index in [2.05, 4.69) is 10.5 Å². The number of para-hydroxylation sites is 2. The zero-order valence-corrected chi connectivity index (χ0v) is 18.9. The lowest BCUT2D eigenvalue weighted by Gasteiger charge is -2.09. The lowest BCUT2D eigenvalue weighted by atomic mass is 10.1. The minimum atomic E-state index is 0.481. The van der Waals surface area contributed by atoms with Gasteiger partial charge in [0.1, 0.15) is 5.69 Å². The van der Waals surface area contributed by atoms with Gasteiger partial charge in [0.15, 0.2) is 11.5 Å². The number of benzene rings is 3. The van der Waals surface area contributed by atoms with Crippen molar-refractivity contribution in [3.05, 3.63) is 88.5 Å². The Morgan fingerprint density at radius 2 is 1.62 bits per heavy atom. The maximum atomic E-state index is 6.22. The van der Waals surface area contributed by atoms with Crippen LogP contribution in [0.5, 0.6) is 11.5 Å². The normalized spacial score (nSPS) is 11.0. The van der Waals surface area contributed by atoms with Crippen LogP contribution in [0.1, 0.15) is 5.56 Å². The third-order valence-electron chi connectivity index (χ3n) is 4.76. The highest BCUT2D eigenvalue weighted by Gasteiger charge is 2.14. The topological polar surface area (TPSA) is 60.7 Å². The molecule has 8 heteroatoms. The number of hydrazone groups is 1. The average molecular weight is 467 g/mol. The number of rotatable bonds is 7. The van der Waals surface area contributed by atoms with Gasteiger partial charge in [-0.1, -0.05) is 47.5 Å². The monoisotopic (exact) mass is 466 g/mol. The van der Waals surface area contributed by atoms with Crippen LogP contribution in [0, 0.1) is 0 Å². The van der Waals surface area contributed by atoms with Gasteiger partial charge in [-0.2, -0.15) is 10.2 Å². The molecule has 0 saturated heterocycles. The summed E-state index contributed by atoms with van der Waals surface area (Å²) in [5, 5.41) is 10.1. The molecule has 32 heavy (non-hydrogen) atoms. The highest BCUT2D eigenvalue weighted by atomic mass is 35.5. The van der Waals surface area contributed by atoms with Gasteiger partial charge in [0, 0.05) is 17.3 Å². The molecule has 1 aromatic heterocycles. The van der Waals surface area contributed by atoms with Crippen molar-refractivity contribution in [2.45, 2.75) is 0 Å². The van der Waals surface area contributed by atoms with Crippen molar-refractivity contribution in [1.82, 2.24) is 9.78 Å². The van der Waals surface area contributed by atoms with Crippen molar-refractivity contribution >= 4 is 35.1 Å². The van der Waals surface area contributed by atoms with Crippen molar-refractivity contribution in [1.29, 1.82) is 0 Å². The SMILES string of the molecule is COc1ccc(-c2nn(-c3ccccc3)cc2C=NNc2c(Cl)cccc2Cl)cc1OC. The predicted molar refractivity (Wildman–Crippen MR) is 130 cm³/mol. The van der Waals surface area contributed by atoms with E-state index in [1.165, 1.54) is 0 Å². The Morgan fingerprint density at radius 3 is 2.31 bits per heavy atom. The van der Waals surface area contributed by atoms with Crippen molar-refractivity contribution in [2.75, 3.05) is 19.6 Å². The van der Waals surface area contributed by atoms with Gasteiger partial charge in [0.2, 0.25) is 0 Å².